The standard InChI is InChI=1S/C23H20N6O3/c1-14-4-3-11-24-20(14)22(31)25-16-5-2-6-17(12-16)32-18-9-10-19-26-23(28-29(19)13-18)27-21(30)15-7-8-15/h2-6,9-13,15H,7-8H2,1H3,(H,25,31)(H,27,28,30). The molecule has 0 radical (unpaired) electrons. The second-order valence-electron chi connectivity index (χ2n) is 7.62. The summed E-state index contributed by atoms with van der Waals surface area (Å²) < 4.78 is 7.48. The Morgan fingerprint density at radius 2 is 1.94 bits per heavy atom. The van der Waals surface area contributed by atoms with Crippen molar-refractivity contribution in [1.29, 1.82) is 0 Å². The second-order valence-corrected chi connectivity index (χ2v) is 7.62. The number of nitrogens with one attached hydrogen (secondary N) is 2. The van der Waals surface area contributed by atoms with Crippen LogP contribution in [-0.2, 0) is 4.79 Å². The molecule has 5 rings (SSSR count). The van der Waals surface area contributed by atoms with Crippen molar-refractivity contribution >= 4 is 29.1 Å². The molecule has 1 aliphatic rings. The molecule has 4 aromatic rings. The highest BCUT2D eigenvalue weighted by atomic mass is 16.5. The predicted molar refractivity (Wildman–Crippen MR) is 118 cm³/mol. The SMILES string of the molecule is Cc1cccnc1C(=O)Nc1cccc(Oc2ccc3nc(NC(=O)C4CC4)nn3c2)c1. The lowest BCUT2D eigenvalue weighted by Gasteiger charge is -2.09. The summed E-state index contributed by atoms with van der Waals surface area (Å²) in [7, 11) is 0. The van der Waals surface area contributed by atoms with Crippen molar-refractivity contribution in [2.45, 2.75) is 19.8 Å². The van der Waals surface area contributed by atoms with Crippen molar-refractivity contribution < 1.29 is 14.3 Å². The Labute approximate surface area is 183 Å². The lowest BCUT2D eigenvalue weighted by molar-refractivity contribution is -0.117. The highest BCUT2D eigenvalue weighted by molar-refractivity contribution is 6.03. The van der Waals surface area contributed by atoms with Gasteiger partial charge in [-0.1, -0.05) is 12.1 Å². The Morgan fingerprint density at radius 1 is 1.06 bits per heavy atom. The molecule has 32 heavy (non-hydrogen) atoms. The molecule has 9 nitrogen and oxygen atoms in total. The number of pyridine rings is 2. The highest BCUT2D eigenvalue weighted by Gasteiger charge is 2.30. The Hall–Kier alpha value is -4.27. The van der Waals surface area contributed by atoms with Gasteiger partial charge in [-0.2, -0.15) is 4.98 Å². The lowest BCUT2D eigenvalue weighted by Crippen LogP contribution is -2.15. The topological polar surface area (TPSA) is 111 Å². The average molecular weight is 428 g/mol. The van der Waals surface area contributed by atoms with Gasteiger partial charge in [-0.3, -0.25) is 19.9 Å². The van der Waals surface area contributed by atoms with Gasteiger partial charge in [0, 0.05) is 23.9 Å². The monoisotopic (exact) mass is 428 g/mol. The largest absolute Gasteiger partial charge is 0.456 e. The van der Waals surface area contributed by atoms with Gasteiger partial charge in [-0.25, -0.2) is 4.52 Å². The van der Waals surface area contributed by atoms with Crippen molar-refractivity contribution in [2.24, 2.45) is 5.92 Å². The minimum Gasteiger partial charge on any atom is -0.456 e. The summed E-state index contributed by atoms with van der Waals surface area (Å²) in [6.45, 7) is 1.84. The molecule has 0 unspecified atom stereocenters. The summed E-state index contributed by atoms with van der Waals surface area (Å²) in [6, 6.07) is 14.2. The van der Waals surface area contributed by atoms with E-state index in [1.807, 2.05) is 13.0 Å². The molecular weight excluding hydrogens is 408 g/mol. The van der Waals surface area contributed by atoms with Gasteiger partial charge in [-0.15, -0.1) is 5.10 Å². The first-order chi connectivity index (χ1) is 15.5. The number of fused-ring (bicyclic) bond motifs is 1. The molecule has 1 aliphatic carbocycles. The van der Waals surface area contributed by atoms with Crippen LogP contribution in [0.15, 0.2) is 60.9 Å². The number of hydrogen-bond donors (Lipinski definition) is 2. The quantitative estimate of drug-likeness (QED) is 0.483. The van der Waals surface area contributed by atoms with Gasteiger partial charge < -0.3 is 10.1 Å². The first-order valence-electron chi connectivity index (χ1n) is 10.2. The smallest absolute Gasteiger partial charge is 0.274 e. The van der Waals surface area contributed by atoms with Crippen molar-refractivity contribution in [1.82, 2.24) is 19.6 Å². The number of nitrogens with zero attached hydrogens (tertiary/aromatic N) is 4. The summed E-state index contributed by atoms with van der Waals surface area (Å²) in [5.41, 5.74) is 2.35. The van der Waals surface area contributed by atoms with E-state index in [9.17, 15) is 9.59 Å². The van der Waals surface area contributed by atoms with Crippen LogP contribution in [0.1, 0.15) is 28.9 Å². The zero-order valence-corrected chi connectivity index (χ0v) is 17.3. The van der Waals surface area contributed by atoms with Crippen LogP contribution < -0.4 is 15.4 Å². The maximum absolute atomic E-state index is 12.5. The van der Waals surface area contributed by atoms with E-state index in [2.05, 4.69) is 25.7 Å². The van der Waals surface area contributed by atoms with E-state index < -0.39 is 0 Å². The minimum absolute atomic E-state index is 0.0443. The normalized spacial score (nSPS) is 13.0. The van der Waals surface area contributed by atoms with Gasteiger partial charge >= 0.3 is 0 Å². The number of aromatic nitrogens is 4. The van der Waals surface area contributed by atoms with Crippen molar-refractivity contribution in [2.75, 3.05) is 10.6 Å². The first kappa shape index (κ1) is 19.7. The molecule has 3 aromatic heterocycles. The van der Waals surface area contributed by atoms with Crippen LogP contribution in [0, 0.1) is 12.8 Å². The lowest BCUT2D eigenvalue weighted by atomic mass is 10.2. The molecule has 2 amide bonds. The molecule has 0 aliphatic heterocycles. The maximum atomic E-state index is 12.5. The fraction of sp³-hybridized carbons (Fsp3) is 0.174. The fourth-order valence-electron chi connectivity index (χ4n) is 3.22. The number of hydrogen-bond acceptors (Lipinski definition) is 6. The maximum Gasteiger partial charge on any atom is 0.274 e. The number of anilines is 2. The Kier molecular flexibility index (Phi) is 4.98. The van der Waals surface area contributed by atoms with E-state index in [0.717, 1.165) is 18.4 Å². The van der Waals surface area contributed by atoms with Crippen molar-refractivity contribution in [3.63, 3.8) is 0 Å². The summed E-state index contributed by atoms with van der Waals surface area (Å²) in [5.74, 6) is 1.10. The molecule has 160 valence electrons. The van der Waals surface area contributed by atoms with Crippen LogP contribution in [0.5, 0.6) is 11.5 Å². The zero-order chi connectivity index (χ0) is 22.1. The minimum atomic E-state index is -0.287. The third-order valence-electron chi connectivity index (χ3n) is 5.04. The van der Waals surface area contributed by atoms with Gasteiger partial charge in [0.1, 0.15) is 17.2 Å². The average Bonchev–Trinajstić information content (AvgIpc) is 3.55. The Morgan fingerprint density at radius 3 is 2.75 bits per heavy atom. The third kappa shape index (κ3) is 4.27. The van der Waals surface area contributed by atoms with Crippen LogP contribution >= 0.6 is 0 Å². The van der Waals surface area contributed by atoms with E-state index in [-0.39, 0.29) is 23.7 Å². The van der Waals surface area contributed by atoms with Gasteiger partial charge in [0.2, 0.25) is 11.9 Å². The molecule has 1 aromatic carbocycles. The van der Waals surface area contributed by atoms with Crippen LogP contribution in [0.4, 0.5) is 11.6 Å². The molecule has 0 atom stereocenters. The number of carbonyl (C=O) groups excluding carboxylic acids is 2. The Balaban J connectivity index is 1.30. The number of amides is 2. The second kappa shape index (κ2) is 8.10. The molecule has 9 heteroatoms. The third-order valence-corrected chi connectivity index (χ3v) is 5.04. The van der Waals surface area contributed by atoms with Crippen LogP contribution in [0.25, 0.3) is 5.65 Å². The van der Waals surface area contributed by atoms with E-state index in [4.69, 9.17) is 4.74 Å². The molecule has 1 saturated carbocycles. The molecule has 1 fully saturated rings. The molecule has 0 bridgehead atoms. The van der Waals surface area contributed by atoms with Crippen LogP contribution in [0.2, 0.25) is 0 Å². The number of aryl methyl sites for hydroxylation is 1. The highest BCUT2D eigenvalue weighted by Crippen LogP contribution is 2.30. The van der Waals surface area contributed by atoms with Gasteiger partial charge in [0.15, 0.2) is 5.65 Å². The zero-order valence-electron chi connectivity index (χ0n) is 17.3. The van der Waals surface area contributed by atoms with Crippen molar-refractivity contribution in [3.05, 3.63) is 72.2 Å². The Bertz CT molecular complexity index is 1330. The molecule has 0 spiro atoms. The predicted octanol–water partition coefficient (Wildman–Crippen LogP) is 3.83. The van der Waals surface area contributed by atoms with Gasteiger partial charge in [0.05, 0.1) is 6.20 Å². The fourth-order valence-corrected chi connectivity index (χ4v) is 3.22. The first-order valence-corrected chi connectivity index (χ1v) is 10.2. The van der Waals surface area contributed by atoms with E-state index in [0.29, 0.717) is 28.5 Å². The number of rotatable bonds is 6. The molecule has 2 N–H and O–H groups in total. The summed E-state index contributed by atoms with van der Waals surface area (Å²) in [4.78, 5) is 32.9. The van der Waals surface area contributed by atoms with Crippen LogP contribution in [-0.4, -0.2) is 31.4 Å². The van der Waals surface area contributed by atoms with Crippen LogP contribution in [0.3, 0.4) is 0 Å². The molecule has 3 heterocycles. The molecule has 0 saturated heterocycles. The molecular formula is C23H20N6O3. The summed E-state index contributed by atoms with van der Waals surface area (Å²) in [6.07, 6.45) is 5.10. The number of carbonyl (C=O) groups is 2. The van der Waals surface area contributed by atoms with Crippen molar-refractivity contribution in [3.8, 4) is 11.5 Å². The van der Waals surface area contributed by atoms with E-state index >= 15 is 0 Å². The van der Waals surface area contributed by atoms with E-state index in [1.165, 1.54) is 0 Å². The van der Waals surface area contributed by atoms with E-state index in [1.54, 1.807) is 59.4 Å². The number of benzene rings is 1. The van der Waals surface area contributed by atoms with Gasteiger partial charge in [-0.05, 0) is 55.7 Å². The summed E-state index contributed by atoms with van der Waals surface area (Å²) >= 11 is 0. The number of ether oxygens (including phenoxy) is 1. The van der Waals surface area contributed by atoms with Gasteiger partial charge in [0.25, 0.3) is 5.91 Å². The summed E-state index contributed by atoms with van der Waals surface area (Å²) in [5, 5.41) is 9.87.